The van der Waals surface area contributed by atoms with Crippen LogP contribution in [0.2, 0.25) is 0 Å². The third-order valence-corrected chi connectivity index (χ3v) is 3.80. The van der Waals surface area contributed by atoms with E-state index in [1.807, 2.05) is 6.92 Å². The number of hydrogen-bond acceptors (Lipinski definition) is 4. The van der Waals surface area contributed by atoms with Crippen LogP contribution in [0.25, 0.3) is 0 Å². The van der Waals surface area contributed by atoms with Crippen molar-refractivity contribution < 1.29 is 13.5 Å². The van der Waals surface area contributed by atoms with Gasteiger partial charge in [0.15, 0.2) is 0 Å². The molecule has 0 aliphatic carbocycles. The third-order valence-electron chi connectivity index (χ3n) is 2.39. The van der Waals surface area contributed by atoms with Crippen molar-refractivity contribution in [2.24, 2.45) is 7.05 Å². The van der Waals surface area contributed by atoms with Crippen LogP contribution in [0.5, 0.6) is 0 Å². The summed E-state index contributed by atoms with van der Waals surface area (Å²) in [5, 5.41) is 12.6. The highest BCUT2D eigenvalue weighted by Gasteiger charge is 2.11. The van der Waals surface area contributed by atoms with E-state index in [-0.39, 0.29) is 25.3 Å². The Labute approximate surface area is 95.3 Å². The maximum absolute atomic E-state index is 11.4. The Balaban J connectivity index is 2.54. The number of aliphatic hydroxyl groups is 1. The normalized spacial score (nSPS) is 11.9. The van der Waals surface area contributed by atoms with E-state index >= 15 is 0 Å². The molecule has 1 heterocycles. The van der Waals surface area contributed by atoms with Crippen LogP contribution < -0.4 is 4.72 Å². The maximum Gasteiger partial charge on any atom is 0.211 e. The zero-order valence-corrected chi connectivity index (χ0v) is 10.3. The van der Waals surface area contributed by atoms with Crippen molar-refractivity contribution in [3.05, 3.63) is 17.5 Å². The lowest BCUT2D eigenvalue weighted by Crippen LogP contribution is -2.26. The van der Waals surface area contributed by atoms with Crippen molar-refractivity contribution in [1.29, 1.82) is 0 Å². The van der Waals surface area contributed by atoms with Gasteiger partial charge in [-0.05, 0) is 13.3 Å². The second-order valence-electron chi connectivity index (χ2n) is 3.60. The van der Waals surface area contributed by atoms with Crippen LogP contribution in [0.15, 0.2) is 6.20 Å². The summed E-state index contributed by atoms with van der Waals surface area (Å²) in [7, 11) is -1.49. The lowest BCUT2D eigenvalue weighted by atomic mass is 10.3. The molecule has 0 spiro atoms. The lowest BCUT2D eigenvalue weighted by molar-refractivity contribution is 0.295. The summed E-state index contributed by atoms with van der Waals surface area (Å²) >= 11 is 0. The topological polar surface area (TPSA) is 84.2 Å². The minimum absolute atomic E-state index is 0.0528. The predicted molar refractivity (Wildman–Crippen MR) is 60.3 cm³/mol. The molecule has 0 saturated heterocycles. The molecule has 6 nitrogen and oxygen atoms in total. The minimum atomic E-state index is -3.30. The Morgan fingerprint density at radius 1 is 1.56 bits per heavy atom. The third kappa shape index (κ3) is 3.58. The van der Waals surface area contributed by atoms with Crippen molar-refractivity contribution >= 4 is 10.0 Å². The molecule has 0 unspecified atom stereocenters. The predicted octanol–water partition coefficient (Wildman–Crippen LogP) is -0.470. The molecule has 0 bridgehead atoms. The number of rotatable bonds is 6. The zero-order valence-electron chi connectivity index (χ0n) is 9.47. The fourth-order valence-electron chi connectivity index (χ4n) is 1.23. The largest absolute Gasteiger partial charge is 0.396 e. The van der Waals surface area contributed by atoms with E-state index in [2.05, 4.69) is 9.82 Å². The minimum Gasteiger partial charge on any atom is -0.396 e. The molecule has 0 aromatic carbocycles. The van der Waals surface area contributed by atoms with Gasteiger partial charge in [0.05, 0.1) is 11.9 Å². The maximum atomic E-state index is 11.4. The summed E-state index contributed by atoms with van der Waals surface area (Å²) in [6.07, 6.45) is 1.89. The highest BCUT2D eigenvalue weighted by atomic mass is 32.2. The van der Waals surface area contributed by atoms with E-state index in [0.29, 0.717) is 0 Å². The van der Waals surface area contributed by atoms with Crippen LogP contribution >= 0.6 is 0 Å². The number of aryl methyl sites for hydroxylation is 1. The smallest absolute Gasteiger partial charge is 0.211 e. The van der Waals surface area contributed by atoms with Crippen LogP contribution in [0.1, 0.15) is 17.7 Å². The first-order valence-electron chi connectivity index (χ1n) is 5.02. The number of nitrogens with one attached hydrogen (secondary N) is 1. The Hall–Kier alpha value is -0.920. The Morgan fingerprint density at radius 3 is 2.75 bits per heavy atom. The number of aliphatic hydroxyl groups excluding tert-OH is 1. The monoisotopic (exact) mass is 247 g/mol. The van der Waals surface area contributed by atoms with Gasteiger partial charge < -0.3 is 5.11 Å². The molecular weight excluding hydrogens is 230 g/mol. The number of nitrogens with zero attached hydrogens (tertiary/aromatic N) is 2. The molecule has 0 aliphatic rings. The molecule has 0 aliphatic heterocycles. The number of aromatic nitrogens is 2. The summed E-state index contributed by atoms with van der Waals surface area (Å²) in [6, 6.07) is 0. The van der Waals surface area contributed by atoms with Crippen molar-refractivity contribution in [2.75, 3.05) is 12.4 Å². The van der Waals surface area contributed by atoms with Gasteiger partial charge in [-0.15, -0.1) is 0 Å². The molecule has 0 amide bonds. The summed E-state index contributed by atoms with van der Waals surface area (Å²) < 4.78 is 27.0. The SMILES string of the molecule is Cc1c(CNS(=O)(=O)CCCO)cnn1C. The summed E-state index contributed by atoms with van der Waals surface area (Å²) in [4.78, 5) is 0. The van der Waals surface area contributed by atoms with Gasteiger partial charge in [0.25, 0.3) is 0 Å². The highest BCUT2D eigenvalue weighted by molar-refractivity contribution is 7.89. The Morgan fingerprint density at radius 2 is 2.25 bits per heavy atom. The standard InChI is InChI=1S/C9H17N3O3S/c1-8-9(6-10-12(8)2)7-11-16(14,15)5-3-4-13/h6,11,13H,3-5,7H2,1-2H3. The molecule has 0 radical (unpaired) electrons. The fourth-order valence-corrected chi connectivity index (χ4v) is 2.26. The molecule has 1 rings (SSSR count). The molecule has 1 aromatic rings. The van der Waals surface area contributed by atoms with Gasteiger partial charge in [-0.3, -0.25) is 4.68 Å². The second kappa shape index (κ2) is 5.42. The summed E-state index contributed by atoms with van der Waals surface area (Å²) in [6.45, 7) is 2.00. The first kappa shape index (κ1) is 13.1. The van der Waals surface area contributed by atoms with Crippen LogP contribution in [0, 0.1) is 6.92 Å². The Bertz CT molecular complexity index is 439. The van der Waals surface area contributed by atoms with E-state index in [4.69, 9.17) is 5.11 Å². The van der Waals surface area contributed by atoms with Crippen molar-refractivity contribution in [2.45, 2.75) is 19.9 Å². The van der Waals surface area contributed by atoms with Gasteiger partial charge >= 0.3 is 0 Å². The summed E-state index contributed by atoms with van der Waals surface area (Å²) in [5.41, 5.74) is 1.79. The van der Waals surface area contributed by atoms with Gasteiger partial charge in [-0.2, -0.15) is 5.10 Å². The molecule has 16 heavy (non-hydrogen) atoms. The Kier molecular flexibility index (Phi) is 4.45. The van der Waals surface area contributed by atoms with Crippen LogP contribution in [0.3, 0.4) is 0 Å². The van der Waals surface area contributed by atoms with E-state index in [1.165, 1.54) is 0 Å². The molecule has 0 atom stereocenters. The highest BCUT2D eigenvalue weighted by Crippen LogP contribution is 2.05. The quantitative estimate of drug-likeness (QED) is 0.712. The van der Waals surface area contributed by atoms with Crippen LogP contribution in [0.4, 0.5) is 0 Å². The average molecular weight is 247 g/mol. The van der Waals surface area contributed by atoms with Gasteiger partial charge in [0, 0.05) is 31.5 Å². The molecule has 2 N–H and O–H groups in total. The fraction of sp³-hybridized carbons (Fsp3) is 0.667. The number of hydrogen-bond donors (Lipinski definition) is 2. The lowest BCUT2D eigenvalue weighted by Gasteiger charge is -2.05. The molecule has 0 saturated carbocycles. The first-order chi connectivity index (χ1) is 7.46. The molecule has 1 aromatic heterocycles. The zero-order chi connectivity index (χ0) is 12.2. The molecule has 7 heteroatoms. The van der Waals surface area contributed by atoms with Gasteiger partial charge in [0.2, 0.25) is 10.0 Å². The average Bonchev–Trinajstić information content (AvgIpc) is 2.55. The van der Waals surface area contributed by atoms with Crippen molar-refractivity contribution in [1.82, 2.24) is 14.5 Å². The molecular formula is C9H17N3O3S. The van der Waals surface area contributed by atoms with Crippen molar-refractivity contribution in [3.63, 3.8) is 0 Å². The van der Waals surface area contributed by atoms with Crippen molar-refractivity contribution in [3.8, 4) is 0 Å². The first-order valence-corrected chi connectivity index (χ1v) is 6.67. The molecule has 0 fully saturated rings. The number of sulfonamides is 1. The van der Waals surface area contributed by atoms with E-state index in [0.717, 1.165) is 11.3 Å². The van der Waals surface area contributed by atoms with Crippen LogP contribution in [-0.4, -0.2) is 35.7 Å². The summed E-state index contributed by atoms with van der Waals surface area (Å²) in [5.74, 6) is -0.0528. The second-order valence-corrected chi connectivity index (χ2v) is 5.52. The van der Waals surface area contributed by atoms with Gasteiger partial charge in [-0.25, -0.2) is 13.1 Å². The molecule has 92 valence electrons. The van der Waals surface area contributed by atoms with Gasteiger partial charge in [0.1, 0.15) is 0 Å². The van der Waals surface area contributed by atoms with E-state index in [9.17, 15) is 8.42 Å². The van der Waals surface area contributed by atoms with E-state index in [1.54, 1.807) is 17.9 Å². The van der Waals surface area contributed by atoms with Gasteiger partial charge in [-0.1, -0.05) is 0 Å². The van der Waals surface area contributed by atoms with Crippen LogP contribution in [-0.2, 0) is 23.6 Å². The van der Waals surface area contributed by atoms with E-state index < -0.39 is 10.0 Å².